The SMILES string of the molecule is CC(C)(C)OC(=O)N[C@@H]1[C@@H]2CC[C@H]1CN(C(=O)O)C2. The molecule has 1 aliphatic heterocycles. The van der Waals surface area contributed by atoms with Gasteiger partial charge >= 0.3 is 12.2 Å². The van der Waals surface area contributed by atoms with Crippen LogP contribution in [0.3, 0.4) is 0 Å². The van der Waals surface area contributed by atoms with E-state index >= 15 is 0 Å². The predicted octanol–water partition coefficient (Wildman–Crippen LogP) is 1.90. The summed E-state index contributed by atoms with van der Waals surface area (Å²) in [5.74, 6) is 0.421. The number of alkyl carbamates (subject to hydrolysis) is 1. The van der Waals surface area contributed by atoms with E-state index in [0.717, 1.165) is 12.8 Å². The van der Waals surface area contributed by atoms with Gasteiger partial charge < -0.3 is 20.1 Å². The van der Waals surface area contributed by atoms with E-state index in [1.165, 1.54) is 4.90 Å². The minimum atomic E-state index is -0.868. The molecule has 0 aromatic carbocycles. The van der Waals surface area contributed by atoms with Crippen LogP contribution in [0.2, 0.25) is 0 Å². The lowest BCUT2D eigenvalue weighted by Gasteiger charge is -2.37. The van der Waals surface area contributed by atoms with Gasteiger partial charge in [-0.1, -0.05) is 0 Å². The number of piperidine rings is 1. The molecule has 0 aromatic rings. The summed E-state index contributed by atoms with van der Waals surface area (Å²) in [5.41, 5.74) is -0.509. The summed E-state index contributed by atoms with van der Waals surface area (Å²) in [6, 6.07) is 0.0467. The highest BCUT2D eigenvalue weighted by atomic mass is 16.6. The molecule has 2 bridgehead atoms. The standard InChI is InChI=1S/C13H22N2O4/c1-13(2,3)19-11(16)14-10-8-4-5-9(10)7-15(6-8)12(17)18/h8-10H,4-7H2,1-3H3,(H,14,16)(H,17,18)/t8-,9+,10-. The highest BCUT2D eigenvalue weighted by molar-refractivity contribution is 5.69. The first-order valence-corrected chi connectivity index (χ1v) is 6.73. The molecule has 1 saturated carbocycles. The van der Waals surface area contributed by atoms with E-state index in [0.29, 0.717) is 13.1 Å². The van der Waals surface area contributed by atoms with E-state index in [1.807, 2.05) is 20.8 Å². The number of fused-ring (bicyclic) bond motifs is 2. The van der Waals surface area contributed by atoms with E-state index in [2.05, 4.69) is 5.32 Å². The van der Waals surface area contributed by atoms with Crippen LogP contribution in [0.4, 0.5) is 9.59 Å². The maximum atomic E-state index is 11.8. The monoisotopic (exact) mass is 270 g/mol. The summed E-state index contributed by atoms with van der Waals surface area (Å²) in [6.07, 6.45) is 0.662. The van der Waals surface area contributed by atoms with Crippen LogP contribution in [0.25, 0.3) is 0 Å². The molecule has 2 fully saturated rings. The highest BCUT2D eigenvalue weighted by Crippen LogP contribution is 2.37. The van der Waals surface area contributed by atoms with Crippen molar-refractivity contribution in [1.82, 2.24) is 10.2 Å². The van der Waals surface area contributed by atoms with Crippen LogP contribution in [0.15, 0.2) is 0 Å². The first kappa shape index (κ1) is 14.0. The van der Waals surface area contributed by atoms with Crippen molar-refractivity contribution < 1.29 is 19.4 Å². The Kier molecular flexibility index (Phi) is 3.60. The lowest BCUT2D eigenvalue weighted by atomic mass is 9.92. The van der Waals surface area contributed by atoms with E-state index in [1.54, 1.807) is 0 Å². The molecule has 3 atom stereocenters. The molecule has 0 radical (unpaired) electrons. The Labute approximate surface area is 113 Å². The summed E-state index contributed by atoms with van der Waals surface area (Å²) in [6.45, 7) is 6.50. The highest BCUT2D eigenvalue weighted by Gasteiger charge is 2.44. The van der Waals surface area contributed by atoms with Gasteiger partial charge in [0.05, 0.1) is 0 Å². The number of carbonyl (C=O) groups is 2. The molecule has 2 rings (SSSR count). The number of hydrogen-bond acceptors (Lipinski definition) is 3. The van der Waals surface area contributed by atoms with Gasteiger partial charge in [0.25, 0.3) is 0 Å². The van der Waals surface area contributed by atoms with E-state index in [4.69, 9.17) is 9.84 Å². The summed E-state index contributed by atoms with van der Waals surface area (Å²) in [4.78, 5) is 24.3. The van der Waals surface area contributed by atoms with Crippen molar-refractivity contribution in [3.05, 3.63) is 0 Å². The van der Waals surface area contributed by atoms with Crippen LogP contribution >= 0.6 is 0 Å². The molecule has 1 aliphatic carbocycles. The first-order chi connectivity index (χ1) is 8.76. The Hall–Kier alpha value is -1.46. The van der Waals surface area contributed by atoms with Crippen LogP contribution in [-0.4, -0.2) is 46.9 Å². The topological polar surface area (TPSA) is 78.9 Å². The van der Waals surface area contributed by atoms with Crippen molar-refractivity contribution in [1.29, 1.82) is 0 Å². The van der Waals surface area contributed by atoms with Crippen molar-refractivity contribution >= 4 is 12.2 Å². The zero-order chi connectivity index (χ0) is 14.2. The van der Waals surface area contributed by atoms with Crippen LogP contribution < -0.4 is 5.32 Å². The van der Waals surface area contributed by atoms with E-state index < -0.39 is 17.8 Å². The molecule has 1 heterocycles. The van der Waals surface area contributed by atoms with E-state index in [9.17, 15) is 9.59 Å². The fraction of sp³-hybridized carbons (Fsp3) is 0.846. The molecule has 2 aliphatic rings. The Morgan fingerprint density at radius 1 is 1.21 bits per heavy atom. The summed E-state index contributed by atoms with van der Waals surface area (Å²) in [5, 5.41) is 12.0. The van der Waals surface area contributed by atoms with Gasteiger partial charge in [-0.3, -0.25) is 0 Å². The van der Waals surface area contributed by atoms with Crippen molar-refractivity contribution in [2.75, 3.05) is 13.1 Å². The van der Waals surface area contributed by atoms with Crippen molar-refractivity contribution in [2.45, 2.75) is 45.3 Å². The molecule has 2 amide bonds. The number of likely N-dealkylation sites (tertiary alicyclic amines) is 1. The lowest BCUT2D eigenvalue weighted by Crippen LogP contribution is -2.54. The quantitative estimate of drug-likeness (QED) is 0.762. The molecule has 19 heavy (non-hydrogen) atoms. The second-order valence-corrected chi connectivity index (χ2v) is 6.46. The normalized spacial score (nSPS) is 30.1. The fourth-order valence-electron chi connectivity index (χ4n) is 3.06. The van der Waals surface area contributed by atoms with Gasteiger partial charge in [-0.15, -0.1) is 0 Å². The van der Waals surface area contributed by atoms with Gasteiger partial charge in [-0.05, 0) is 45.4 Å². The summed E-state index contributed by atoms with van der Waals surface area (Å²) in [7, 11) is 0. The van der Waals surface area contributed by atoms with Crippen LogP contribution in [0.5, 0.6) is 0 Å². The number of carbonyl (C=O) groups excluding carboxylic acids is 1. The minimum absolute atomic E-state index is 0.0467. The van der Waals surface area contributed by atoms with Gasteiger partial charge in [-0.2, -0.15) is 0 Å². The van der Waals surface area contributed by atoms with E-state index in [-0.39, 0.29) is 17.9 Å². The predicted molar refractivity (Wildman–Crippen MR) is 69.0 cm³/mol. The maximum absolute atomic E-state index is 11.8. The molecule has 0 aromatic heterocycles. The average Bonchev–Trinajstić information content (AvgIpc) is 2.48. The maximum Gasteiger partial charge on any atom is 0.407 e. The number of ether oxygens (including phenoxy) is 1. The Morgan fingerprint density at radius 2 is 1.74 bits per heavy atom. The fourth-order valence-corrected chi connectivity index (χ4v) is 3.06. The third kappa shape index (κ3) is 3.30. The summed E-state index contributed by atoms with van der Waals surface area (Å²) >= 11 is 0. The van der Waals surface area contributed by atoms with Gasteiger partial charge in [0.2, 0.25) is 0 Å². The van der Waals surface area contributed by atoms with Gasteiger partial charge in [0.15, 0.2) is 0 Å². The molecule has 108 valence electrons. The smallest absolute Gasteiger partial charge is 0.407 e. The van der Waals surface area contributed by atoms with Crippen molar-refractivity contribution in [3.63, 3.8) is 0 Å². The van der Waals surface area contributed by atoms with Crippen LogP contribution in [0.1, 0.15) is 33.6 Å². The van der Waals surface area contributed by atoms with Crippen LogP contribution in [-0.2, 0) is 4.74 Å². The Morgan fingerprint density at radius 3 is 2.16 bits per heavy atom. The first-order valence-electron chi connectivity index (χ1n) is 6.73. The van der Waals surface area contributed by atoms with Crippen molar-refractivity contribution in [3.8, 4) is 0 Å². The molecule has 1 saturated heterocycles. The minimum Gasteiger partial charge on any atom is -0.465 e. The largest absolute Gasteiger partial charge is 0.465 e. The van der Waals surface area contributed by atoms with Gasteiger partial charge in [0.1, 0.15) is 5.60 Å². The number of hydrogen-bond donors (Lipinski definition) is 2. The molecule has 2 N–H and O–H groups in total. The summed E-state index contributed by atoms with van der Waals surface area (Å²) < 4.78 is 5.26. The zero-order valence-corrected chi connectivity index (χ0v) is 11.7. The van der Waals surface area contributed by atoms with Gasteiger partial charge in [0, 0.05) is 19.1 Å². The second-order valence-electron chi connectivity index (χ2n) is 6.46. The number of nitrogens with one attached hydrogen (secondary N) is 1. The molecule has 6 heteroatoms. The zero-order valence-electron chi connectivity index (χ0n) is 11.7. The number of carboxylic acid groups (broad SMARTS) is 1. The molecule has 0 spiro atoms. The lowest BCUT2D eigenvalue weighted by molar-refractivity contribution is 0.0426. The second kappa shape index (κ2) is 4.90. The number of nitrogens with zero attached hydrogens (tertiary/aromatic N) is 1. The molecular weight excluding hydrogens is 248 g/mol. The number of amides is 2. The number of rotatable bonds is 1. The molecule has 6 nitrogen and oxygen atoms in total. The van der Waals surface area contributed by atoms with Gasteiger partial charge in [-0.25, -0.2) is 9.59 Å². The van der Waals surface area contributed by atoms with Crippen LogP contribution in [0, 0.1) is 11.8 Å². The molecule has 0 unspecified atom stereocenters. The Balaban J connectivity index is 1.93. The third-order valence-corrected chi connectivity index (χ3v) is 3.79. The third-order valence-electron chi connectivity index (χ3n) is 3.79. The molecular formula is C13H22N2O4. The average molecular weight is 270 g/mol. The van der Waals surface area contributed by atoms with Crippen molar-refractivity contribution in [2.24, 2.45) is 11.8 Å². The Bertz CT molecular complexity index is 363.